The number of carbonyl (C=O) groups is 2. The standard InChI is InChI=1S/C21H19F3N4O3S2/c1-12(2)31-14-9-7-13(8-10-14)18(30)26-19-27-28-20(33-19)32-11-17(29)25-16-6-4-3-5-15(16)21(22,23)24/h3-10,12H,11H2,1-2H3,(H,25,29)(H,26,27,30). The van der Waals surface area contributed by atoms with Crippen molar-refractivity contribution in [1.29, 1.82) is 0 Å². The molecule has 0 fully saturated rings. The molecule has 3 aromatic rings. The Balaban J connectivity index is 1.53. The van der Waals surface area contributed by atoms with Crippen molar-refractivity contribution in [2.45, 2.75) is 30.5 Å². The molecule has 0 aliphatic rings. The molecule has 0 saturated heterocycles. The monoisotopic (exact) mass is 496 g/mol. The van der Waals surface area contributed by atoms with Crippen LogP contribution in [0.4, 0.5) is 24.0 Å². The van der Waals surface area contributed by atoms with Gasteiger partial charge in [-0.2, -0.15) is 13.2 Å². The van der Waals surface area contributed by atoms with E-state index in [0.717, 1.165) is 29.2 Å². The van der Waals surface area contributed by atoms with Crippen LogP contribution in [0.2, 0.25) is 0 Å². The third-order valence-electron chi connectivity index (χ3n) is 3.95. The van der Waals surface area contributed by atoms with Crippen molar-refractivity contribution in [2.24, 2.45) is 0 Å². The summed E-state index contributed by atoms with van der Waals surface area (Å²) in [5.41, 5.74) is -0.836. The smallest absolute Gasteiger partial charge is 0.418 e. The summed E-state index contributed by atoms with van der Waals surface area (Å²) < 4.78 is 45.0. The van der Waals surface area contributed by atoms with Crippen LogP contribution in [0.5, 0.6) is 5.75 Å². The predicted octanol–water partition coefficient (Wildman–Crippen LogP) is 5.33. The largest absolute Gasteiger partial charge is 0.491 e. The van der Waals surface area contributed by atoms with Gasteiger partial charge in [0.1, 0.15) is 5.75 Å². The average Bonchev–Trinajstić information content (AvgIpc) is 3.19. The second kappa shape index (κ2) is 10.7. The maximum absolute atomic E-state index is 13.0. The van der Waals surface area contributed by atoms with Gasteiger partial charge in [0.05, 0.1) is 23.1 Å². The van der Waals surface area contributed by atoms with E-state index in [-0.39, 0.29) is 28.6 Å². The van der Waals surface area contributed by atoms with Gasteiger partial charge in [0.25, 0.3) is 5.91 Å². The summed E-state index contributed by atoms with van der Waals surface area (Å²) in [6.45, 7) is 3.80. The van der Waals surface area contributed by atoms with Gasteiger partial charge < -0.3 is 10.1 Å². The van der Waals surface area contributed by atoms with E-state index < -0.39 is 17.6 Å². The first-order chi connectivity index (χ1) is 15.6. The Bertz CT molecular complexity index is 1120. The average molecular weight is 497 g/mol. The number of nitrogens with one attached hydrogen (secondary N) is 2. The molecule has 0 spiro atoms. The number of para-hydroxylation sites is 1. The SMILES string of the molecule is CC(C)Oc1ccc(C(=O)Nc2nnc(SCC(=O)Nc3ccccc3C(F)(F)F)s2)cc1. The Morgan fingerprint density at radius 2 is 1.76 bits per heavy atom. The van der Waals surface area contributed by atoms with Gasteiger partial charge >= 0.3 is 6.18 Å². The molecule has 0 radical (unpaired) electrons. The maximum Gasteiger partial charge on any atom is 0.418 e. The van der Waals surface area contributed by atoms with E-state index >= 15 is 0 Å². The van der Waals surface area contributed by atoms with Crippen molar-refractivity contribution in [3.05, 3.63) is 59.7 Å². The number of carbonyl (C=O) groups excluding carboxylic acids is 2. The third-order valence-corrected chi connectivity index (χ3v) is 5.92. The quantitative estimate of drug-likeness (QED) is 0.324. The fourth-order valence-corrected chi connectivity index (χ4v) is 4.14. The van der Waals surface area contributed by atoms with Crippen molar-refractivity contribution in [3.63, 3.8) is 0 Å². The van der Waals surface area contributed by atoms with Crippen LogP contribution in [0.1, 0.15) is 29.8 Å². The number of ether oxygens (including phenoxy) is 1. The molecule has 0 saturated carbocycles. The summed E-state index contributed by atoms with van der Waals surface area (Å²) >= 11 is 2.04. The lowest BCUT2D eigenvalue weighted by molar-refractivity contribution is -0.137. The minimum absolute atomic E-state index is 0.0171. The van der Waals surface area contributed by atoms with Crippen LogP contribution in [0.15, 0.2) is 52.9 Å². The van der Waals surface area contributed by atoms with E-state index in [4.69, 9.17) is 4.74 Å². The number of benzene rings is 2. The summed E-state index contributed by atoms with van der Waals surface area (Å²) in [5, 5.41) is 12.8. The highest BCUT2D eigenvalue weighted by atomic mass is 32.2. The fraction of sp³-hybridized carbons (Fsp3) is 0.238. The molecular formula is C21H19F3N4O3S2. The Labute approximate surface area is 195 Å². The van der Waals surface area contributed by atoms with Crippen LogP contribution in [0.25, 0.3) is 0 Å². The maximum atomic E-state index is 13.0. The van der Waals surface area contributed by atoms with Crippen LogP contribution >= 0.6 is 23.1 Å². The third kappa shape index (κ3) is 7.19. The number of thioether (sulfide) groups is 1. The fourth-order valence-electron chi connectivity index (χ4n) is 2.60. The molecule has 1 heterocycles. The minimum atomic E-state index is -4.58. The number of hydrogen-bond donors (Lipinski definition) is 2. The molecule has 0 aliphatic heterocycles. The molecule has 2 amide bonds. The second-order valence-electron chi connectivity index (χ2n) is 6.90. The first-order valence-corrected chi connectivity index (χ1v) is 11.4. The zero-order valence-corrected chi connectivity index (χ0v) is 19.1. The number of hydrogen-bond acceptors (Lipinski definition) is 7. The number of halogens is 3. The number of rotatable bonds is 8. The molecule has 2 aromatic carbocycles. The van der Waals surface area contributed by atoms with E-state index in [1.165, 1.54) is 18.2 Å². The first-order valence-electron chi connectivity index (χ1n) is 9.62. The molecule has 0 bridgehead atoms. The predicted molar refractivity (Wildman–Crippen MR) is 121 cm³/mol. The van der Waals surface area contributed by atoms with Crippen LogP contribution in [-0.4, -0.2) is 33.9 Å². The lowest BCUT2D eigenvalue weighted by Crippen LogP contribution is -2.18. The summed E-state index contributed by atoms with van der Waals surface area (Å²) in [7, 11) is 0. The molecule has 1 aromatic heterocycles. The highest BCUT2D eigenvalue weighted by molar-refractivity contribution is 8.01. The molecular weight excluding hydrogens is 477 g/mol. The molecule has 0 aliphatic carbocycles. The second-order valence-corrected chi connectivity index (χ2v) is 9.10. The summed E-state index contributed by atoms with van der Waals surface area (Å²) in [6, 6.07) is 11.3. The van der Waals surface area contributed by atoms with Gasteiger partial charge in [0.15, 0.2) is 4.34 Å². The van der Waals surface area contributed by atoms with Crippen molar-refractivity contribution in [1.82, 2.24) is 10.2 Å². The molecule has 12 heteroatoms. The minimum Gasteiger partial charge on any atom is -0.491 e. The summed E-state index contributed by atoms with van der Waals surface area (Å²) in [6.07, 6.45) is -4.56. The molecule has 0 atom stereocenters. The van der Waals surface area contributed by atoms with E-state index in [9.17, 15) is 22.8 Å². The Morgan fingerprint density at radius 1 is 1.06 bits per heavy atom. The van der Waals surface area contributed by atoms with Crippen molar-refractivity contribution >= 4 is 45.7 Å². The van der Waals surface area contributed by atoms with Crippen molar-refractivity contribution in [2.75, 3.05) is 16.4 Å². The summed E-state index contributed by atoms with van der Waals surface area (Å²) in [4.78, 5) is 24.5. The van der Waals surface area contributed by atoms with Gasteiger partial charge in [0, 0.05) is 5.56 Å². The van der Waals surface area contributed by atoms with Gasteiger partial charge in [0.2, 0.25) is 11.0 Å². The van der Waals surface area contributed by atoms with Gasteiger partial charge in [-0.25, -0.2) is 0 Å². The first kappa shape index (κ1) is 24.5. The lowest BCUT2D eigenvalue weighted by Gasteiger charge is -2.13. The number of anilines is 2. The molecule has 174 valence electrons. The molecule has 2 N–H and O–H groups in total. The van der Waals surface area contributed by atoms with Crippen molar-refractivity contribution < 1.29 is 27.5 Å². The topological polar surface area (TPSA) is 93.2 Å². The van der Waals surface area contributed by atoms with Gasteiger partial charge in [-0.05, 0) is 50.2 Å². The number of amides is 2. The number of alkyl halides is 3. The Morgan fingerprint density at radius 3 is 2.42 bits per heavy atom. The van der Waals surface area contributed by atoms with Crippen LogP contribution in [0.3, 0.4) is 0 Å². The van der Waals surface area contributed by atoms with Gasteiger partial charge in [-0.15, -0.1) is 10.2 Å². The zero-order valence-electron chi connectivity index (χ0n) is 17.5. The molecule has 33 heavy (non-hydrogen) atoms. The van der Waals surface area contributed by atoms with Gasteiger partial charge in [-0.1, -0.05) is 35.2 Å². The van der Waals surface area contributed by atoms with Gasteiger partial charge in [-0.3, -0.25) is 14.9 Å². The molecule has 3 rings (SSSR count). The summed E-state index contributed by atoms with van der Waals surface area (Å²) in [5.74, 6) is -0.541. The molecule has 0 unspecified atom stereocenters. The normalized spacial score (nSPS) is 11.3. The lowest BCUT2D eigenvalue weighted by atomic mass is 10.1. The van der Waals surface area contributed by atoms with E-state index in [1.807, 2.05) is 13.8 Å². The van der Waals surface area contributed by atoms with E-state index in [1.54, 1.807) is 24.3 Å². The Hall–Kier alpha value is -3.12. The highest BCUT2D eigenvalue weighted by Gasteiger charge is 2.33. The van der Waals surface area contributed by atoms with Crippen LogP contribution in [-0.2, 0) is 11.0 Å². The highest BCUT2D eigenvalue weighted by Crippen LogP contribution is 2.34. The van der Waals surface area contributed by atoms with E-state index in [0.29, 0.717) is 15.7 Å². The molecule has 7 nitrogen and oxygen atoms in total. The Kier molecular flexibility index (Phi) is 7.92. The number of nitrogens with zero attached hydrogens (tertiary/aromatic N) is 2. The van der Waals surface area contributed by atoms with Crippen LogP contribution < -0.4 is 15.4 Å². The van der Waals surface area contributed by atoms with E-state index in [2.05, 4.69) is 20.8 Å². The zero-order chi connectivity index (χ0) is 24.0. The van der Waals surface area contributed by atoms with Crippen LogP contribution in [0, 0.1) is 0 Å². The van der Waals surface area contributed by atoms with Crippen molar-refractivity contribution in [3.8, 4) is 5.75 Å². The number of aromatic nitrogens is 2.